The highest BCUT2D eigenvalue weighted by atomic mass is 127. The average molecular weight is 454 g/mol. The summed E-state index contributed by atoms with van der Waals surface area (Å²) >= 11 is 3.08. The van der Waals surface area contributed by atoms with Crippen LogP contribution in [0, 0.1) is 0 Å². The van der Waals surface area contributed by atoms with Crippen molar-refractivity contribution in [3.63, 3.8) is 0 Å². The van der Waals surface area contributed by atoms with Crippen molar-refractivity contribution in [1.29, 1.82) is 0 Å². The molecule has 0 aromatic carbocycles. The van der Waals surface area contributed by atoms with E-state index < -0.39 is 5.91 Å². The number of aromatic nitrogens is 4. The van der Waals surface area contributed by atoms with Gasteiger partial charge in [-0.1, -0.05) is 0 Å². The molecular weight excluding hydrogens is 443 g/mol. The number of hydrogen-bond acceptors (Lipinski definition) is 6. The number of hydrogen-bond donors (Lipinski definition) is 2. The molecule has 3 rings (SSSR count). The molecule has 0 aliphatic heterocycles. The summed E-state index contributed by atoms with van der Waals surface area (Å²) < 4.78 is 3.92. The second-order valence-corrected chi connectivity index (χ2v) is 6.11. The Hall–Kier alpha value is -2.34. The van der Waals surface area contributed by atoms with E-state index in [-0.39, 0.29) is 17.3 Å². The summed E-state index contributed by atoms with van der Waals surface area (Å²) in [7, 11) is 1.67. The maximum Gasteiger partial charge on any atom is 0.282 e. The third-order valence-corrected chi connectivity index (χ3v) is 4.42. The third kappa shape index (κ3) is 3.43. The zero-order valence-electron chi connectivity index (χ0n) is 12.4. The SMILES string of the molecule is Cn1cc(NC(=O)c2csc(-c3ccncc3)n2)c(C(=O)NI)n1. The molecule has 0 atom stereocenters. The van der Waals surface area contributed by atoms with E-state index in [4.69, 9.17) is 0 Å². The largest absolute Gasteiger partial charge is 0.317 e. The molecule has 0 spiro atoms. The number of anilines is 1. The van der Waals surface area contributed by atoms with Gasteiger partial charge in [-0.3, -0.25) is 22.8 Å². The molecule has 0 fully saturated rings. The zero-order valence-corrected chi connectivity index (χ0v) is 15.3. The van der Waals surface area contributed by atoms with Gasteiger partial charge in [0.1, 0.15) is 10.7 Å². The van der Waals surface area contributed by atoms with E-state index in [1.54, 1.807) is 53.9 Å². The number of halogens is 1. The van der Waals surface area contributed by atoms with Crippen molar-refractivity contribution in [2.45, 2.75) is 0 Å². The van der Waals surface area contributed by atoms with E-state index >= 15 is 0 Å². The van der Waals surface area contributed by atoms with Crippen molar-refractivity contribution in [2.24, 2.45) is 7.05 Å². The lowest BCUT2D eigenvalue weighted by Gasteiger charge is -2.02. The minimum Gasteiger partial charge on any atom is -0.317 e. The molecule has 2 N–H and O–H groups in total. The fraction of sp³-hybridized carbons (Fsp3) is 0.0714. The molecule has 0 radical (unpaired) electrons. The Morgan fingerprint density at radius 2 is 2.00 bits per heavy atom. The number of carbonyl (C=O) groups is 2. The lowest BCUT2D eigenvalue weighted by molar-refractivity contribution is 0.0985. The Bertz CT molecular complexity index is 892. The standard InChI is InChI=1S/C14H11IN6O2S/c1-21-6-9(11(20-21)13(23)19-15)17-12(22)10-7-24-14(18-10)8-2-4-16-5-3-8/h2-7H,1H3,(H,17,22)(H,19,23). The van der Waals surface area contributed by atoms with Crippen molar-refractivity contribution in [2.75, 3.05) is 5.32 Å². The van der Waals surface area contributed by atoms with Crippen LogP contribution in [0.2, 0.25) is 0 Å². The molecule has 0 aliphatic rings. The van der Waals surface area contributed by atoms with Crippen molar-refractivity contribution in [3.05, 3.63) is 47.5 Å². The summed E-state index contributed by atoms with van der Waals surface area (Å²) in [5.41, 5.74) is 1.64. The van der Waals surface area contributed by atoms with Gasteiger partial charge in [0.2, 0.25) is 0 Å². The number of aryl methyl sites for hydroxylation is 1. The molecule has 8 nitrogen and oxygen atoms in total. The van der Waals surface area contributed by atoms with Crippen LogP contribution in [-0.4, -0.2) is 31.6 Å². The summed E-state index contributed by atoms with van der Waals surface area (Å²) in [6.45, 7) is 0. The van der Waals surface area contributed by atoms with E-state index in [0.29, 0.717) is 5.69 Å². The summed E-state index contributed by atoms with van der Waals surface area (Å²) in [5.74, 6) is -0.788. The summed E-state index contributed by atoms with van der Waals surface area (Å²) in [5, 5.41) is 9.10. The number of amides is 2. The first-order valence-corrected chi connectivity index (χ1v) is 8.66. The molecule has 3 aromatic rings. The Morgan fingerprint density at radius 3 is 2.71 bits per heavy atom. The highest BCUT2D eigenvalue weighted by Crippen LogP contribution is 2.23. The lowest BCUT2D eigenvalue weighted by Crippen LogP contribution is -2.18. The van der Waals surface area contributed by atoms with Gasteiger partial charge in [0.05, 0.1) is 28.6 Å². The van der Waals surface area contributed by atoms with Crippen molar-refractivity contribution < 1.29 is 9.59 Å². The first-order chi connectivity index (χ1) is 11.6. The Balaban J connectivity index is 1.82. The van der Waals surface area contributed by atoms with E-state index in [2.05, 4.69) is 23.9 Å². The van der Waals surface area contributed by atoms with Gasteiger partial charge in [0, 0.05) is 36.6 Å². The van der Waals surface area contributed by atoms with Gasteiger partial charge in [0.15, 0.2) is 5.69 Å². The third-order valence-electron chi connectivity index (χ3n) is 3.04. The lowest BCUT2D eigenvalue weighted by atomic mass is 10.3. The van der Waals surface area contributed by atoms with E-state index in [9.17, 15) is 9.59 Å². The zero-order chi connectivity index (χ0) is 17.1. The minimum absolute atomic E-state index is 0.143. The number of carbonyl (C=O) groups excluding carboxylic acids is 2. The Morgan fingerprint density at radius 1 is 1.25 bits per heavy atom. The minimum atomic E-state index is -0.401. The molecule has 2 amide bonds. The first-order valence-electron chi connectivity index (χ1n) is 6.70. The Kier molecular flexibility index (Phi) is 4.85. The van der Waals surface area contributed by atoms with Crippen LogP contribution in [0.3, 0.4) is 0 Å². The van der Waals surface area contributed by atoms with E-state index in [1.807, 2.05) is 12.1 Å². The van der Waals surface area contributed by atoms with Crippen molar-refractivity contribution >= 4 is 51.7 Å². The summed E-state index contributed by atoms with van der Waals surface area (Å²) in [4.78, 5) is 32.5. The number of nitrogens with zero attached hydrogens (tertiary/aromatic N) is 4. The van der Waals surface area contributed by atoms with Gasteiger partial charge >= 0.3 is 0 Å². The highest BCUT2D eigenvalue weighted by molar-refractivity contribution is 14.1. The summed E-state index contributed by atoms with van der Waals surface area (Å²) in [6.07, 6.45) is 4.90. The maximum absolute atomic E-state index is 12.4. The van der Waals surface area contributed by atoms with Crippen LogP contribution in [-0.2, 0) is 7.05 Å². The van der Waals surface area contributed by atoms with Crippen LogP contribution in [0.1, 0.15) is 21.0 Å². The molecule has 3 heterocycles. The fourth-order valence-corrected chi connectivity index (χ4v) is 3.05. The second-order valence-electron chi connectivity index (χ2n) is 4.72. The normalized spacial score (nSPS) is 10.4. The van der Waals surface area contributed by atoms with Gasteiger partial charge in [-0.15, -0.1) is 11.3 Å². The molecule has 0 saturated carbocycles. The fourth-order valence-electron chi connectivity index (χ4n) is 1.98. The number of rotatable bonds is 4. The Labute approximate surface area is 154 Å². The number of thiazole rings is 1. The number of nitrogens with one attached hydrogen (secondary N) is 2. The van der Waals surface area contributed by atoms with Crippen molar-refractivity contribution in [1.82, 2.24) is 23.3 Å². The van der Waals surface area contributed by atoms with Crippen LogP contribution in [0.15, 0.2) is 36.1 Å². The molecule has 10 heteroatoms. The molecule has 3 aromatic heterocycles. The van der Waals surface area contributed by atoms with Crippen LogP contribution >= 0.6 is 34.2 Å². The van der Waals surface area contributed by atoms with Gasteiger partial charge < -0.3 is 5.32 Å². The molecule has 122 valence electrons. The highest BCUT2D eigenvalue weighted by Gasteiger charge is 2.19. The molecular formula is C14H11IN6O2S. The molecule has 0 unspecified atom stereocenters. The van der Waals surface area contributed by atoms with Crippen LogP contribution in [0.5, 0.6) is 0 Å². The van der Waals surface area contributed by atoms with E-state index in [0.717, 1.165) is 10.6 Å². The topological polar surface area (TPSA) is 102 Å². The first kappa shape index (κ1) is 16.5. The van der Waals surface area contributed by atoms with Gasteiger partial charge in [-0.25, -0.2) is 4.98 Å². The second kappa shape index (κ2) is 7.05. The quantitative estimate of drug-likeness (QED) is 0.465. The van der Waals surface area contributed by atoms with Crippen LogP contribution in [0.25, 0.3) is 10.6 Å². The molecule has 0 bridgehead atoms. The predicted octanol–water partition coefficient (Wildman–Crippen LogP) is 2.27. The molecule has 0 saturated heterocycles. The van der Waals surface area contributed by atoms with Crippen molar-refractivity contribution in [3.8, 4) is 10.6 Å². The molecule has 0 aliphatic carbocycles. The van der Waals surface area contributed by atoms with Gasteiger partial charge in [0.25, 0.3) is 11.8 Å². The monoisotopic (exact) mass is 454 g/mol. The van der Waals surface area contributed by atoms with Gasteiger partial charge in [-0.2, -0.15) is 5.10 Å². The smallest absolute Gasteiger partial charge is 0.282 e. The van der Waals surface area contributed by atoms with E-state index in [1.165, 1.54) is 16.0 Å². The molecule has 24 heavy (non-hydrogen) atoms. The summed E-state index contributed by atoms with van der Waals surface area (Å²) in [6, 6.07) is 3.65. The average Bonchev–Trinajstić information content (AvgIpc) is 3.22. The number of pyridine rings is 1. The predicted molar refractivity (Wildman–Crippen MR) is 98.0 cm³/mol. The van der Waals surface area contributed by atoms with Gasteiger partial charge in [-0.05, 0) is 12.1 Å². The van der Waals surface area contributed by atoms with Crippen LogP contribution in [0.4, 0.5) is 5.69 Å². The maximum atomic E-state index is 12.4. The van der Waals surface area contributed by atoms with Crippen LogP contribution < -0.4 is 8.85 Å².